The fourth-order valence-electron chi connectivity index (χ4n) is 0. The molecule has 2 nitrogen and oxygen atoms in total. The molecule has 33 heteroatoms. The van der Waals surface area contributed by atoms with Crippen molar-refractivity contribution in [2.24, 2.45) is 5.90 Å². The molecule has 0 heterocycles. The third-order valence-corrected chi connectivity index (χ3v) is 0. The maximum atomic E-state index is 6.50. The molecule has 35 heavy (non-hydrogen) atoms. The van der Waals surface area contributed by atoms with Gasteiger partial charge in [-0.2, -0.15) is 0 Å². The zero-order valence-corrected chi connectivity index (χ0v) is 69.3. The topological polar surface area (TPSA) is 46.2 Å². The average molecular weight is 2420 g/mol. The van der Waals surface area contributed by atoms with Gasteiger partial charge in [-0.1, -0.05) is 0 Å². The normalized spacial score (nSPS) is 0.914. The number of hydrogen-bond donors (Lipinski definition) is 2. The van der Waals surface area contributed by atoms with Gasteiger partial charge in [0.2, 0.25) is 0 Å². The van der Waals surface area contributed by atoms with Crippen LogP contribution in [0.4, 0.5) is 0 Å². The van der Waals surface area contributed by atoms with Gasteiger partial charge in [0.1, 0.15) is 0 Å². The van der Waals surface area contributed by atoms with Crippen LogP contribution < -0.4 is 5.90 Å². The van der Waals surface area contributed by atoms with Gasteiger partial charge in [0.25, 0.3) is 0 Å². The first-order valence-corrected chi connectivity index (χ1v) is 9.21. The molecule has 190 valence electrons. The summed E-state index contributed by atoms with van der Waals surface area (Å²) in [5.41, 5.74) is 0. The average Bonchev–Trinajstić information content (AvgIpc) is 2.01. The van der Waals surface area contributed by atoms with E-state index in [0.29, 0.717) is 0 Å². The van der Waals surface area contributed by atoms with Crippen LogP contribution in [0.1, 0.15) is 0 Å². The predicted octanol–water partition coefficient (Wildman–Crippen LogP) is 2.09. The van der Waals surface area contributed by atoms with Gasteiger partial charge in [-0.15, -0.1) is 0 Å². The second kappa shape index (κ2) is 369. The SMILES string of the molecule is NO.[CH2-][P]=[V].[CH3-].[PH]=[V].[PH]=[V].[V].[V].[V].[V].[V].[V].[V].[V].[V].[V].[V].[V].[V].[V].[V].[V].[V].[V].[W].[W].[W].[W].[W].[W].[Y]. The van der Waals surface area contributed by atoms with Gasteiger partial charge in [0.15, 0.2) is 0 Å². The fourth-order valence-corrected chi connectivity index (χ4v) is 0. The van der Waals surface area contributed by atoms with Crippen LogP contribution in [0.2, 0.25) is 0 Å². The molecule has 0 aromatic rings. The summed E-state index contributed by atoms with van der Waals surface area (Å²) >= 11 is 6.56. The van der Waals surface area contributed by atoms with E-state index >= 15 is 0 Å². The smallest absolute Gasteiger partial charge is 0 e. The molecule has 0 aromatic heterocycles. The number of rotatable bonds is 0. The molecule has 0 aliphatic carbocycles. The van der Waals surface area contributed by atoms with Crippen LogP contribution >= 0.6 is 21.1 Å². The molecule has 0 atom stereocenters. The first-order chi connectivity index (χ1) is 4.41. The molecule has 0 unspecified atom stereocenters. The molecule has 19 radical (unpaired) electrons. The standard InChI is InChI=1S/CH2P.CH3.H3NO.2HP.21V.6W.Y/c1-2;;1-2;;;;;;;;;;;;;;;;;;;;;;;;;;;;;;/h1H2;1H3;2H,1H2;2*1H;;;;;;;;;;;;;;;;;;;;;;;;;;;;/q2*-1;;;;;;;;;;;;;;;;;;;;;;;;;;;;;;;. The quantitative estimate of drug-likeness (QED) is 0.222. The summed E-state index contributed by atoms with van der Waals surface area (Å²) in [4.78, 5) is 0. The van der Waals surface area contributed by atoms with Crippen molar-refractivity contribution in [1.82, 2.24) is 0 Å². The Morgan fingerprint density at radius 3 is 0.429 bits per heavy atom. The van der Waals surface area contributed by atoms with E-state index in [1.54, 1.807) is 0 Å². The molecule has 0 fully saturated rings. The van der Waals surface area contributed by atoms with E-state index < -0.39 is 0 Å². The Labute approximate surface area is 573 Å². The predicted molar refractivity (Wildman–Crippen MR) is 41.3 cm³/mol. The van der Waals surface area contributed by atoms with Crippen LogP contribution in [0, 0.1) is 14.1 Å². The van der Waals surface area contributed by atoms with Gasteiger partial charge in [-0.25, -0.2) is 5.90 Å². The number of hydrogen-bond acceptors (Lipinski definition) is 2. The van der Waals surface area contributed by atoms with Crippen molar-refractivity contribution in [3.8, 4) is 0 Å². The molecule has 3 N–H and O–H groups in total. The van der Waals surface area contributed by atoms with Crippen LogP contribution in [-0.4, -0.2) is 5.21 Å². The van der Waals surface area contributed by atoms with Gasteiger partial charge in [-0.3, -0.25) is 0 Å². The van der Waals surface area contributed by atoms with Gasteiger partial charge < -0.3 is 12.6 Å². The molecule has 0 amide bonds. The van der Waals surface area contributed by atoms with Crippen molar-refractivity contribution in [2.45, 2.75) is 0 Å². The second-order valence-corrected chi connectivity index (χ2v) is 1.75. The van der Waals surface area contributed by atoms with E-state index in [1.165, 1.54) is 0 Å². The first-order valence-electron chi connectivity index (χ1n) is 1.22. The van der Waals surface area contributed by atoms with Crippen molar-refractivity contribution >= 4 is 21.1 Å². The minimum absolute atomic E-state index is 0. The van der Waals surface area contributed by atoms with Gasteiger partial charge in [0.05, 0.1) is 0 Å². The Bertz CT molecular complexity index is 84.2. The van der Waals surface area contributed by atoms with E-state index in [9.17, 15) is 0 Å². The zero-order chi connectivity index (χ0) is 8.71. The summed E-state index contributed by atoms with van der Waals surface area (Å²) in [5.74, 6) is 3.50. The van der Waals surface area contributed by atoms with E-state index in [1.807, 2.05) is 0 Å². The van der Waals surface area contributed by atoms with Crippen molar-refractivity contribution < 1.29 is 548 Å². The van der Waals surface area contributed by atoms with Crippen LogP contribution in [0.25, 0.3) is 0 Å². The fraction of sp³-hybridized carbons (Fsp3) is 0. The van der Waals surface area contributed by atoms with Crippen LogP contribution in [0.3, 0.4) is 0 Å². The van der Waals surface area contributed by atoms with Crippen LogP contribution in [0.15, 0.2) is 0 Å². The molecular weight excluding hydrogens is 2410 g/mol. The third kappa shape index (κ3) is 395. The first kappa shape index (κ1) is 268. The largest absolute Gasteiger partial charge is 0 e. The Balaban J connectivity index is -0.000000000274. The second-order valence-electron chi connectivity index (χ2n) is 0.141. The van der Waals surface area contributed by atoms with E-state index in [0.717, 1.165) is 6.60 Å². The van der Waals surface area contributed by atoms with Gasteiger partial charge in [0, 0.05) is 493 Å². The molecule has 0 aliphatic heterocycles. The van der Waals surface area contributed by atoms with Crippen molar-refractivity contribution in [1.29, 1.82) is 0 Å². The Hall–Kier alpha value is 18.3. The van der Waals surface area contributed by atoms with Crippen LogP contribution in [-0.2, 0) is 543 Å². The van der Waals surface area contributed by atoms with Crippen molar-refractivity contribution in [2.75, 3.05) is 0 Å². The van der Waals surface area contributed by atoms with Gasteiger partial charge in [-0.05, 0) is 0 Å². The molecule has 0 aromatic carbocycles. The Morgan fingerprint density at radius 2 is 0.429 bits per heavy atom. The van der Waals surface area contributed by atoms with E-state index in [-0.39, 0.29) is 501 Å². The number of nitrogens with two attached hydrogens (primary N) is 1. The maximum Gasteiger partial charge on any atom is 0 e. The van der Waals surface area contributed by atoms with Crippen molar-refractivity contribution in [3.63, 3.8) is 0 Å². The van der Waals surface area contributed by atoms with E-state index in [4.69, 9.17) is 5.21 Å². The summed E-state index contributed by atoms with van der Waals surface area (Å²) in [6, 6.07) is 0. The summed E-state index contributed by atoms with van der Waals surface area (Å²) in [5, 5.41) is 6.50. The van der Waals surface area contributed by atoms with E-state index in [2.05, 4.69) is 76.5 Å². The molecule has 0 bridgehead atoms. The minimum atomic E-state index is 0. The Morgan fingerprint density at radius 1 is 0.429 bits per heavy atom. The minimum Gasteiger partial charge on any atom is 0 e. The van der Waals surface area contributed by atoms with Crippen LogP contribution in [0.5, 0.6) is 0 Å². The molecule has 0 aliphatic rings. The summed E-state index contributed by atoms with van der Waals surface area (Å²) in [7, 11) is 5.82. The molecule has 0 spiro atoms. The summed E-state index contributed by atoms with van der Waals surface area (Å²) in [6.07, 6.45) is 0. The third-order valence-electron chi connectivity index (χ3n) is 0. The molecular formula is C2H10NOP3V21W6Y-2. The van der Waals surface area contributed by atoms with Gasteiger partial charge >= 0.3 is 77.2 Å². The molecule has 0 saturated carbocycles. The van der Waals surface area contributed by atoms with Crippen molar-refractivity contribution in [3.05, 3.63) is 14.1 Å². The summed E-state index contributed by atoms with van der Waals surface area (Å²) in [6.45, 7) is 4.53. The monoisotopic (exact) mass is 2420 g/mol. The summed E-state index contributed by atoms with van der Waals surface area (Å²) < 4.78 is 0. The molecule has 0 saturated heterocycles. The Kier molecular flexibility index (Phi) is 2830. The molecule has 0 rings (SSSR count). The maximum absolute atomic E-state index is 6.50. The zero-order valence-electron chi connectivity index (χ0n) is 16.6.